The summed E-state index contributed by atoms with van der Waals surface area (Å²) in [6.45, 7) is 22.9. The molecule has 0 aromatic heterocycles. The Morgan fingerprint density at radius 2 is 1.42 bits per heavy atom. The fourth-order valence-corrected chi connectivity index (χ4v) is 12.0. The molecular weight excluding hydrogens is 472 g/mol. The molecule has 214 valence electrons. The molecule has 0 aromatic carbocycles. The molecule has 38 heavy (non-hydrogen) atoms. The van der Waals surface area contributed by atoms with Gasteiger partial charge in [-0.3, -0.25) is 9.59 Å². The van der Waals surface area contributed by atoms with Gasteiger partial charge in [-0.1, -0.05) is 60.1 Å². The molecule has 0 aliphatic heterocycles. The van der Waals surface area contributed by atoms with Crippen molar-refractivity contribution in [3.05, 3.63) is 11.6 Å². The predicted molar refractivity (Wildman–Crippen MR) is 151 cm³/mol. The second-order valence-electron chi connectivity index (χ2n) is 15.9. The van der Waals surface area contributed by atoms with E-state index >= 15 is 0 Å². The first kappa shape index (κ1) is 28.2. The quantitative estimate of drug-likeness (QED) is 0.269. The Kier molecular flexibility index (Phi) is 6.56. The van der Waals surface area contributed by atoms with Gasteiger partial charge in [0.25, 0.3) is 0 Å². The maximum Gasteiger partial charge on any atom is 0.302 e. The second kappa shape index (κ2) is 8.84. The Balaban J connectivity index is 1.56. The zero-order valence-corrected chi connectivity index (χ0v) is 25.9. The highest BCUT2D eigenvalue weighted by Crippen LogP contribution is 2.77. The van der Waals surface area contributed by atoms with Crippen LogP contribution in [0.1, 0.15) is 121 Å². The molecule has 0 spiro atoms. The van der Waals surface area contributed by atoms with Crippen LogP contribution in [-0.2, 0) is 19.1 Å². The smallest absolute Gasteiger partial charge is 0.302 e. The monoisotopic (exact) mass is 526 g/mol. The van der Waals surface area contributed by atoms with Crippen LogP contribution in [0.2, 0.25) is 0 Å². The number of esters is 2. The molecule has 0 amide bonds. The van der Waals surface area contributed by atoms with E-state index in [1.165, 1.54) is 31.3 Å². The Morgan fingerprint density at radius 1 is 0.789 bits per heavy atom. The summed E-state index contributed by atoms with van der Waals surface area (Å²) in [6.07, 6.45) is 11.5. The van der Waals surface area contributed by atoms with Crippen molar-refractivity contribution in [2.24, 2.45) is 56.7 Å². The molecule has 11 atom stereocenters. The van der Waals surface area contributed by atoms with Crippen molar-refractivity contribution in [3.8, 4) is 0 Å². The lowest BCUT2D eigenvalue weighted by Gasteiger charge is -2.74. The summed E-state index contributed by atoms with van der Waals surface area (Å²) in [4.78, 5) is 24.4. The molecule has 4 fully saturated rings. The van der Waals surface area contributed by atoms with Crippen molar-refractivity contribution in [2.45, 2.75) is 133 Å². The summed E-state index contributed by atoms with van der Waals surface area (Å²) in [5.74, 6) is 2.60. The van der Waals surface area contributed by atoms with Crippen molar-refractivity contribution in [3.63, 3.8) is 0 Å². The van der Waals surface area contributed by atoms with Gasteiger partial charge < -0.3 is 9.47 Å². The van der Waals surface area contributed by atoms with Crippen LogP contribution in [0.25, 0.3) is 0 Å². The fraction of sp³-hybridized carbons (Fsp3) is 0.882. The average molecular weight is 527 g/mol. The zero-order chi connectivity index (χ0) is 28.1. The van der Waals surface area contributed by atoms with Crippen LogP contribution >= 0.6 is 0 Å². The largest absolute Gasteiger partial charge is 0.462 e. The van der Waals surface area contributed by atoms with E-state index < -0.39 is 0 Å². The first-order valence-electron chi connectivity index (χ1n) is 15.5. The molecule has 5 rings (SSSR count). The normalized spacial score (nSPS) is 51.3. The second-order valence-corrected chi connectivity index (χ2v) is 15.9. The van der Waals surface area contributed by atoms with Crippen LogP contribution in [-0.4, -0.2) is 24.1 Å². The molecule has 0 saturated heterocycles. The van der Waals surface area contributed by atoms with Gasteiger partial charge >= 0.3 is 11.9 Å². The highest BCUT2D eigenvalue weighted by atomic mass is 16.5. The summed E-state index contributed by atoms with van der Waals surface area (Å²) in [6, 6.07) is 0. The molecule has 0 aromatic rings. The molecule has 0 heterocycles. The van der Waals surface area contributed by atoms with Crippen molar-refractivity contribution in [2.75, 3.05) is 0 Å². The zero-order valence-electron chi connectivity index (χ0n) is 25.9. The van der Waals surface area contributed by atoms with E-state index in [1.807, 2.05) is 0 Å². The molecule has 0 unspecified atom stereocenters. The number of hydrogen-bond acceptors (Lipinski definition) is 4. The van der Waals surface area contributed by atoms with Gasteiger partial charge in [0.05, 0.1) is 0 Å². The minimum absolute atomic E-state index is 0.00313. The van der Waals surface area contributed by atoms with Gasteiger partial charge in [0, 0.05) is 24.7 Å². The highest BCUT2D eigenvalue weighted by Gasteiger charge is 2.71. The van der Waals surface area contributed by atoms with Crippen LogP contribution in [0.15, 0.2) is 11.6 Å². The molecule has 4 saturated carbocycles. The van der Waals surface area contributed by atoms with Gasteiger partial charge in [0.1, 0.15) is 12.2 Å². The molecule has 5 aliphatic carbocycles. The van der Waals surface area contributed by atoms with Gasteiger partial charge in [0.2, 0.25) is 0 Å². The third kappa shape index (κ3) is 3.66. The maximum absolute atomic E-state index is 12.4. The van der Waals surface area contributed by atoms with Gasteiger partial charge in [-0.2, -0.15) is 0 Å². The summed E-state index contributed by atoms with van der Waals surface area (Å²) < 4.78 is 12.2. The number of allylic oxidation sites excluding steroid dienone is 2. The van der Waals surface area contributed by atoms with Gasteiger partial charge in [-0.25, -0.2) is 0 Å². The molecule has 0 bridgehead atoms. The number of hydrogen-bond donors (Lipinski definition) is 0. The fourth-order valence-electron chi connectivity index (χ4n) is 12.0. The van der Waals surface area contributed by atoms with Crippen molar-refractivity contribution >= 4 is 11.9 Å². The van der Waals surface area contributed by atoms with Gasteiger partial charge in [-0.05, 0) is 104 Å². The summed E-state index contributed by atoms with van der Waals surface area (Å²) in [5, 5.41) is 0. The first-order valence-corrected chi connectivity index (χ1v) is 15.5. The topological polar surface area (TPSA) is 52.6 Å². The van der Waals surface area contributed by atoms with E-state index in [0.29, 0.717) is 29.6 Å². The lowest BCUT2D eigenvalue weighted by molar-refractivity contribution is -0.270. The van der Waals surface area contributed by atoms with E-state index in [2.05, 4.69) is 61.5 Å². The third-order valence-corrected chi connectivity index (χ3v) is 14.2. The lowest BCUT2D eigenvalue weighted by Crippen LogP contribution is -2.69. The molecule has 0 N–H and O–H groups in total. The van der Waals surface area contributed by atoms with Crippen molar-refractivity contribution in [1.82, 2.24) is 0 Å². The van der Waals surface area contributed by atoms with Crippen LogP contribution in [0.3, 0.4) is 0 Å². The number of ether oxygens (including phenoxy) is 2. The van der Waals surface area contributed by atoms with E-state index in [9.17, 15) is 9.59 Å². The van der Waals surface area contributed by atoms with E-state index in [0.717, 1.165) is 25.7 Å². The van der Waals surface area contributed by atoms with Crippen LogP contribution in [0.4, 0.5) is 0 Å². The highest BCUT2D eigenvalue weighted by molar-refractivity contribution is 5.66. The lowest BCUT2D eigenvalue weighted by atomic mass is 9.31. The molecule has 4 heteroatoms. The Labute approximate surface area is 232 Å². The summed E-state index contributed by atoms with van der Waals surface area (Å²) >= 11 is 0. The summed E-state index contributed by atoms with van der Waals surface area (Å²) in [5.41, 5.74) is 2.04. The van der Waals surface area contributed by atoms with E-state index in [1.54, 1.807) is 13.8 Å². The number of fused-ring (bicyclic) bond motifs is 7. The van der Waals surface area contributed by atoms with Crippen LogP contribution < -0.4 is 0 Å². The van der Waals surface area contributed by atoms with Crippen molar-refractivity contribution in [1.29, 1.82) is 0 Å². The third-order valence-electron chi connectivity index (χ3n) is 14.2. The molecule has 0 radical (unpaired) electrons. The first-order chi connectivity index (χ1) is 17.5. The van der Waals surface area contributed by atoms with Crippen LogP contribution in [0, 0.1) is 56.7 Å². The minimum atomic E-state index is -0.145. The Bertz CT molecular complexity index is 1030. The standard InChI is InChI=1S/C34H54O4/c1-20-13-16-32(8)28(38-23(4)36)19-34(10)24(29(32)21(20)2)11-12-26-31(7)17-15-27(37-22(3)35)30(5,6)25(31)14-18-33(26,34)9/h13,21,24-29H,11-12,14-19H2,1-10H3/t21-,24-,25+,26-,27+,28+,29-,31+,32-,33-,34-/m1/s1. The minimum Gasteiger partial charge on any atom is -0.462 e. The number of rotatable bonds is 2. The van der Waals surface area contributed by atoms with Crippen LogP contribution in [0.5, 0.6) is 0 Å². The average Bonchev–Trinajstić information content (AvgIpc) is 2.79. The number of carbonyl (C=O) groups is 2. The van der Waals surface area contributed by atoms with E-state index in [4.69, 9.17) is 9.47 Å². The molecule has 4 nitrogen and oxygen atoms in total. The molecular formula is C34H54O4. The Morgan fingerprint density at radius 3 is 2.05 bits per heavy atom. The van der Waals surface area contributed by atoms with E-state index in [-0.39, 0.29) is 51.2 Å². The van der Waals surface area contributed by atoms with Crippen molar-refractivity contribution < 1.29 is 19.1 Å². The number of carbonyl (C=O) groups excluding carboxylic acids is 2. The summed E-state index contributed by atoms with van der Waals surface area (Å²) in [7, 11) is 0. The maximum atomic E-state index is 12.4. The Hall–Kier alpha value is -1.32. The molecule has 5 aliphatic rings. The predicted octanol–water partition coefficient (Wildman–Crippen LogP) is 8.14. The SMILES string of the molecule is CC(=O)O[C@H]1CC[C@]2(C)[C@H]3CC[C@@H]4[C@H]5[C@H](C)C(C)=CC[C@]5(C)[C@@H](OC(C)=O)C[C@@]4(C)[C@]3(C)CC[C@H]2C1(C)C. The van der Waals surface area contributed by atoms with Gasteiger partial charge in [0.15, 0.2) is 0 Å². The van der Waals surface area contributed by atoms with Gasteiger partial charge in [-0.15, -0.1) is 0 Å².